The maximum Gasteiger partial charge on any atom is 0.181 e. The van der Waals surface area contributed by atoms with Crippen molar-refractivity contribution < 1.29 is 0 Å². The van der Waals surface area contributed by atoms with Crippen molar-refractivity contribution in [1.82, 2.24) is 15.2 Å². The van der Waals surface area contributed by atoms with E-state index in [4.69, 9.17) is 0 Å². The van der Waals surface area contributed by atoms with Gasteiger partial charge in [0.2, 0.25) is 0 Å². The van der Waals surface area contributed by atoms with Gasteiger partial charge in [0.05, 0.1) is 0 Å². The van der Waals surface area contributed by atoms with Gasteiger partial charge in [0, 0.05) is 23.4 Å². The Balaban J connectivity index is 1.72. The zero-order valence-electron chi connectivity index (χ0n) is 10.9. The van der Waals surface area contributed by atoms with E-state index in [-0.39, 0.29) is 0 Å². The molecule has 0 atom stereocenters. The predicted octanol–water partition coefficient (Wildman–Crippen LogP) is 3.11. The SMILES string of the molecule is c1ccc(-c2nc(-c3ccc4c(c3)NCC4)n[nH]2)cc1. The summed E-state index contributed by atoms with van der Waals surface area (Å²) in [6.45, 7) is 1.02. The van der Waals surface area contributed by atoms with E-state index in [9.17, 15) is 0 Å². The Morgan fingerprint density at radius 3 is 2.75 bits per heavy atom. The Morgan fingerprint density at radius 1 is 0.950 bits per heavy atom. The summed E-state index contributed by atoms with van der Waals surface area (Å²) in [5, 5.41) is 10.7. The molecule has 2 heterocycles. The van der Waals surface area contributed by atoms with Crippen LogP contribution < -0.4 is 5.32 Å². The topological polar surface area (TPSA) is 53.6 Å². The van der Waals surface area contributed by atoms with E-state index in [0.717, 1.165) is 35.7 Å². The normalized spacial score (nSPS) is 13.0. The molecule has 3 aromatic rings. The first-order chi connectivity index (χ1) is 9.90. The van der Waals surface area contributed by atoms with Gasteiger partial charge in [0.1, 0.15) is 0 Å². The van der Waals surface area contributed by atoms with Crippen molar-refractivity contribution in [3.8, 4) is 22.8 Å². The maximum atomic E-state index is 4.58. The first-order valence-corrected chi connectivity index (χ1v) is 6.75. The second-order valence-electron chi connectivity index (χ2n) is 4.92. The van der Waals surface area contributed by atoms with Crippen LogP contribution in [0.3, 0.4) is 0 Å². The summed E-state index contributed by atoms with van der Waals surface area (Å²) in [5.41, 5.74) is 4.66. The van der Waals surface area contributed by atoms with Crippen molar-refractivity contribution >= 4 is 5.69 Å². The minimum atomic E-state index is 0.736. The van der Waals surface area contributed by atoms with Crippen molar-refractivity contribution in [2.45, 2.75) is 6.42 Å². The molecule has 4 rings (SSSR count). The van der Waals surface area contributed by atoms with Crippen LogP contribution in [0, 0.1) is 0 Å². The van der Waals surface area contributed by atoms with Crippen LogP contribution in [-0.4, -0.2) is 21.7 Å². The van der Waals surface area contributed by atoms with E-state index in [2.05, 4.69) is 38.7 Å². The van der Waals surface area contributed by atoms with Crippen molar-refractivity contribution in [3.05, 3.63) is 54.1 Å². The van der Waals surface area contributed by atoms with E-state index in [1.807, 2.05) is 30.3 Å². The molecule has 0 bridgehead atoms. The Morgan fingerprint density at radius 2 is 1.85 bits per heavy atom. The number of rotatable bonds is 2. The average molecular weight is 262 g/mol. The number of nitrogens with one attached hydrogen (secondary N) is 2. The predicted molar refractivity (Wildman–Crippen MR) is 79.4 cm³/mol. The molecule has 4 heteroatoms. The van der Waals surface area contributed by atoms with Crippen molar-refractivity contribution in [1.29, 1.82) is 0 Å². The molecule has 0 radical (unpaired) electrons. The lowest BCUT2D eigenvalue weighted by Crippen LogP contribution is -1.91. The minimum absolute atomic E-state index is 0.736. The van der Waals surface area contributed by atoms with Crippen LogP contribution >= 0.6 is 0 Å². The second kappa shape index (κ2) is 4.49. The number of H-pyrrole nitrogens is 1. The Bertz CT molecular complexity index is 746. The van der Waals surface area contributed by atoms with Crippen LogP contribution in [0.2, 0.25) is 0 Å². The van der Waals surface area contributed by atoms with E-state index in [0.29, 0.717) is 0 Å². The molecule has 0 saturated heterocycles. The molecule has 1 aliphatic heterocycles. The largest absolute Gasteiger partial charge is 0.384 e. The van der Waals surface area contributed by atoms with Gasteiger partial charge >= 0.3 is 0 Å². The number of anilines is 1. The third-order valence-corrected chi connectivity index (χ3v) is 3.61. The third-order valence-electron chi connectivity index (χ3n) is 3.61. The molecular weight excluding hydrogens is 248 g/mol. The van der Waals surface area contributed by atoms with Crippen LogP contribution in [0.15, 0.2) is 48.5 Å². The molecule has 2 N–H and O–H groups in total. The number of nitrogens with zero attached hydrogens (tertiary/aromatic N) is 2. The zero-order valence-corrected chi connectivity index (χ0v) is 10.9. The van der Waals surface area contributed by atoms with Gasteiger partial charge in [0.15, 0.2) is 11.6 Å². The van der Waals surface area contributed by atoms with Gasteiger partial charge in [-0.2, -0.15) is 5.10 Å². The molecule has 0 fully saturated rings. The van der Waals surface area contributed by atoms with Gasteiger partial charge in [-0.25, -0.2) is 4.98 Å². The lowest BCUT2D eigenvalue weighted by Gasteiger charge is -2.01. The van der Waals surface area contributed by atoms with E-state index in [1.165, 1.54) is 11.3 Å². The van der Waals surface area contributed by atoms with Gasteiger partial charge in [-0.3, -0.25) is 5.10 Å². The van der Waals surface area contributed by atoms with Crippen LogP contribution in [0.25, 0.3) is 22.8 Å². The highest BCUT2D eigenvalue weighted by molar-refractivity contribution is 5.68. The number of hydrogen-bond donors (Lipinski definition) is 2. The molecule has 2 aromatic carbocycles. The molecule has 20 heavy (non-hydrogen) atoms. The highest BCUT2D eigenvalue weighted by Crippen LogP contribution is 2.28. The summed E-state index contributed by atoms with van der Waals surface area (Å²) in [7, 11) is 0. The molecule has 0 unspecified atom stereocenters. The Labute approximate surface area is 116 Å². The van der Waals surface area contributed by atoms with Crippen molar-refractivity contribution in [2.75, 3.05) is 11.9 Å². The van der Waals surface area contributed by atoms with Crippen LogP contribution in [0.5, 0.6) is 0 Å². The molecule has 0 aliphatic carbocycles. The molecule has 0 saturated carbocycles. The zero-order chi connectivity index (χ0) is 13.4. The average Bonchev–Trinajstić information content (AvgIpc) is 3.16. The quantitative estimate of drug-likeness (QED) is 0.746. The van der Waals surface area contributed by atoms with Crippen molar-refractivity contribution in [2.24, 2.45) is 0 Å². The first kappa shape index (κ1) is 11.2. The van der Waals surface area contributed by atoms with Crippen molar-refractivity contribution in [3.63, 3.8) is 0 Å². The Kier molecular flexibility index (Phi) is 2.52. The molecule has 1 aromatic heterocycles. The van der Waals surface area contributed by atoms with Gasteiger partial charge in [-0.05, 0) is 18.1 Å². The highest BCUT2D eigenvalue weighted by Gasteiger charge is 2.13. The number of fused-ring (bicyclic) bond motifs is 1. The van der Waals surface area contributed by atoms with Crippen LogP contribution in [-0.2, 0) is 6.42 Å². The fraction of sp³-hybridized carbons (Fsp3) is 0.125. The molecule has 0 spiro atoms. The summed E-state index contributed by atoms with van der Waals surface area (Å²) < 4.78 is 0. The van der Waals surface area contributed by atoms with Gasteiger partial charge in [-0.1, -0.05) is 42.5 Å². The molecular formula is C16H14N4. The summed E-state index contributed by atoms with van der Waals surface area (Å²) in [6, 6.07) is 16.4. The number of aromatic amines is 1. The van der Waals surface area contributed by atoms with Crippen LogP contribution in [0.4, 0.5) is 5.69 Å². The van der Waals surface area contributed by atoms with E-state index < -0.39 is 0 Å². The lowest BCUT2D eigenvalue weighted by molar-refractivity contribution is 1.10. The molecule has 0 amide bonds. The number of aromatic nitrogens is 3. The second-order valence-corrected chi connectivity index (χ2v) is 4.92. The maximum absolute atomic E-state index is 4.58. The summed E-state index contributed by atoms with van der Waals surface area (Å²) in [4.78, 5) is 4.58. The monoisotopic (exact) mass is 262 g/mol. The first-order valence-electron chi connectivity index (χ1n) is 6.75. The number of hydrogen-bond acceptors (Lipinski definition) is 3. The minimum Gasteiger partial charge on any atom is -0.384 e. The van der Waals surface area contributed by atoms with Gasteiger partial charge in [0.25, 0.3) is 0 Å². The summed E-state index contributed by atoms with van der Waals surface area (Å²) >= 11 is 0. The smallest absolute Gasteiger partial charge is 0.181 e. The number of benzene rings is 2. The fourth-order valence-electron chi connectivity index (χ4n) is 2.55. The molecule has 98 valence electrons. The molecule has 1 aliphatic rings. The van der Waals surface area contributed by atoms with Gasteiger partial charge < -0.3 is 5.32 Å². The fourth-order valence-corrected chi connectivity index (χ4v) is 2.55. The summed E-state index contributed by atoms with van der Waals surface area (Å²) in [5.74, 6) is 1.54. The highest BCUT2D eigenvalue weighted by atomic mass is 15.2. The summed E-state index contributed by atoms with van der Waals surface area (Å²) in [6.07, 6.45) is 1.10. The Hall–Kier alpha value is -2.62. The molecule has 4 nitrogen and oxygen atoms in total. The van der Waals surface area contributed by atoms with Crippen LogP contribution in [0.1, 0.15) is 5.56 Å². The third kappa shape index (κ3) is 1.86. The van der Waals surface area contributed by atoms with E-state index >= 15 is 0 Å². The van der Waals surface area contributed by atoms with Gasteiger partial charge in [-0.15, -0.1) is 0 Å². The lowest BCUT2D eigenvalue weighted by atomic mass is 10.1. The standard InChI is InChI=1S/C16H14N4/c1-2-4-12(5-3-1)15-18-16(20-19-15)13-7-6-11-8-9-17-14(11)10-13/h1-7,10,17H,8-9H2,(H,18,19,20). The van der Waals surface area contributed by atoms with E-state index in [1.54, 1.807) is 0 Å².